The number of para-hydroxylation sites is 1. The molecule has 0 aliphatic heterocycles. The number of carbonyl (C=O) groups excluding carboxylic acids is 2. The number of benzene rings is 2. The monoisotopic (exact) mass is 395 g/mol. The summed E-state index contributed by atoms with van der Waals surface area (Å²) in [6.45, 7) is 3.73. The van der Waals surface area contributed by atoms with Crippen molar-refractivity contribution in [2.24, 2.45) is 0 Å². The van der Waals surface area contributed by atoms with Crippen molar-refractivity contribution in [3.8, 4) is 16.3 Å². The summed E-state index contributed by atoms with van der Waals surface area (Å²) in [6.07, 6.45) is 0. The number of hydrogen-bond acceptors (Lipinski definition) is 5. The predicted octanol–water partition coefficient (Wildman–Crippen LogP) is 3.80. The first-order valence-electron chi connectivity index (χ1n) is 8.72. The molecule has 1 heterocycles. The molecule has 6 nitrogen and oxygen atoms in total. The Kier molecular flexibility index (Phi) is 6.06. The van der Waals surface area contributed by atoms with Crippen molar-refractivity contribution in [2.45, 2.75) is 13.8 Å². The van der Waals surface area contributed by atoms with E-state index in [9.17, 15) is 9.59 Å². The molecule has 0 aliphatic rings. The van der Waals surface area contributed by atoms with E-state index < -0.39 is 0 Å². The van der Waals surface area contributed by atoms with Crippen molar-refractivity contribution in [3.05, 3.63) is 64.7 Å². The molecule has 28 heavy (non-hydrogen) atoms. The van der Waals surface area contributed by atoms with Crippen LogP contribution in [-0.2, 0) is 4.79 Å². The van der Waals surface area contributed by atoms with Gasteiger partial charge in [0.15, 0.2) is 0 Å². The van der Waals surface area contributed by atoms with Gasteiger partial charge in [-0.15, -0.1) is 11.3 Å². The molecule has 0 bridgehead atoms. The highest BCUT2D eigenvalue weighted by Crippen LogP contribution is 2.25. The largest absolute Gasteiger partial charge is 0.497 e. The highest BCUT2D eigenvalue weighted by Gasteiger charge is 2.14. The molecule has 0 radical (unpaired) electrons. The van der Waals surface area contributed by atoms with E-state index in [0.29, 0.717) is 0 Å². The fourth-order valence-electron chi connectivity index (χ4n) is 2.69. The first-order valence-corrected chi connectivity index (χ1v) is 9.60. The van der Waals surface area contributed by atoms with Crippen molar-refractivity contribution < 1.29 is 14.3 Å². The van der Waals surface area contributed by atoms with Crippen LogP contribution >= 0.6 is 11.3 Å². The van der Waals surface area contributed by atoms with Crippen molar-refractivity contribution >= 4 is 28.8 Å². The molecular formula is C21H21N3O3S. The van der Waals surface area contributed by atoms with Gasteiger partial charge in [0.2, 0.25) is 5.91 Å². The summed E-state index contributed by atoms with van der Waals surface area (Å²) < 4.78 is 5.14. The molecule has 2 N–H and O–H groups in total. The van der Waals surface area contributed by atoms with E-state index in [4.69, 9.17) is 4.74 Å². The average molecular weight is 395 g/mol. The minimum atomic E-state index is -0.382. The van der Waals surface area contributed by atoms with E-state index in [0.717, 1.165) is 33.1 Å². The lowest BCUT2D eigenvalue weighted by Crippen LogP contribution is -2.33. The molecule has 0 atom stereocenters. The van der Waals surface area contributed by atoms with Crippen molar-refractivity contribution in [2.75, 3.05) is 19.0 Å². The highest BCUT2D eigenvalue weighted by atomic mass is 32.1. The summed E-state index contributed by atoms with van der Waals surface area (Å²) in [5.41, 5.74) is 3.91. The van der Waals surface area contributed by atoms with Gasteiger partial charge in [-0.3, -0.25) is 9.59 Å². The van der Waals surface area contributed by atoms with Crippen LogP contribution in [0.1, 0.15) is 21.6 Å². The molecule has 0 aliphatic carbocycles. The molecule has 2 aromatic carbocycles. The van der Waals surface area contributed by atoms with Crippen LogP contribution in [0.25, 0.3) is 10.6 Å². The number of amides is 2. The smallest absolute Gasteiger partial charge is 0.271 e. The Hall–Kier alpha value is -3.19. The standard InChI is InChI=1S/C21H21N3O3S/c1-13-5-4-6-14(2)19(13)24-18(25)11-22-20(26)17-12-28-21(23-17)15-7-9-16(27-3)10-8-15/h4-10,12H,11H2,1-3H3,(H,22,26)(H,24,25). The van der Waals surface area contributed by atoms with Gasteiger partial charge in [0, 0.05) is 16.6 Å². The second kappa shape index (κ2) is 8.67. The Balaban J connectivity index is 1.59. The van der Waals surface area contributed by atoms with Gasteiger partial charge in [-0.1, -0.05) is 18.2 Å². The number of thiazole rings is 1. The minimum absolute atomic E-state index is 0.123. The number of rotatable bonds is 6. The van der Waals surface area contributed by atoms with E-state index in [1.165, 1.54) is 11.3 Å². The molecule has 144 valence electrons. The van der Waals surface area contributed by atoms with Crippen LogP contribution in [-0.4, -0.2) is 30.5 Å². The Labute approximate surface area is 167 Å². The van der Waals surface area contributed by atoms with Crippen LogP contribution in [0.3, 0.4) is 0 Å². The summed E-state index contributed by atoms with van der Waals surface area (Å²) >= 11 is 1.37. The zero-order chi connectivity index (χ0) is 20.1. The zero-order valence-electron chi connectivity index (χ0n) is 15.9. The van der Waals surface area contributed by atoms with Crippen molar-refractivity contribution in [3.63, 3.8) is 0 Å². The number of aryl methyl sites for hydroxylation is 2. The van der Waals surface area contributed by atoms with Crippen LogP contribution in [0, 0.1) is 13.8 Å². The molecule has 0 saturated heterocycles. The molecule has 7 heteroatoms. The summed E-state index contributed by atoms with van der Waals surface area (Å²) in [5, 5.41) is 7.87. The number of anilines is 1. The lowest BCUT2D eigenvalue weighted by Gasteiger charge is -2.11. The third-order valence-corrected chi connectivity index (χ3v) is 5.12. The number of nitrogens with zero attached hydrogens (tertiary/aromatic N) is 1. The summed E-state index contributed by atoms with van der Waals surface area (Å²) in [5.74, 6) is 0.0946. The van der Waals surface area contributed by atoms with E-state index in [2.05, 4.69) is 15.6 Å². The second-order valence-corrected chi connectivity index (χ2v) is 7.12. The average Bonchev–Trinajstić information content (AvgIpc) is 3.19. The van der Waals surface area contributed by atoms with Crippen molar-refractivity contribution in [1.29, 1.82) is 0 Å². The first-order chi connectivity index (χ1) is 13.5. The van der Waals surface area contributed by atoms with Gasteiger partial charge >= 0.3 is 0 Å². The summed E-state index contributed by atoms with van der Waals surface area (Å²) in [6, 6.07) is 13.2. The van der Waals surface area contributed by atoms with E-state index in [1.807, 2.05) is 56.3 Å². The lowest BCUT2D eigenvalue weighted by atomic mass is 10.1. The predicted molar refractivity (Wildman–Crippen MR) is 111 cm³/mol. The number of ether oxygens (including phenoxy) is 1. The topological polar surface area (TPSA) is 80.3 Å². The molecule has 0 saturated carbocycles. The van der Waals surface area contributed by atoms with E-state index in [1.54, 1.807) is 12.5 Å². The van der Waals surface area contributed by atoms with Gasteiger partial charge < -0.3 is 15.4 Å². The molecule has 3 aromatic rings. The van der Waals surface area contributed by atoms with Gasteiger partial charge in [0.1, 0.15) is 16.5 Å². The summed E-state index contributed by atoms with van der Waals surface area (Å²) in [4.78, 5) is 28.9. The first kappa shape index (κ1) is 19.6. The summed E-state index contributed by atoms with van der Waals surface area (Å²) in [7, 11) is 1.61. The number of aromatic nitrogens is 1. The van der Waals surface area contributed by atoms with E-state index in [-0.39, 0.29) is 24.1 Å². The van der Waals surface area contributed by atoms with Crippen LogP contribution in [0.2, 0.25) is 0 Å². The van der Waals surface area contributed by atoms with Gasteiger partial charge in [-0.25, -0.2) is 4.98 Å². The Morgan fingerprint density at radius 1 is 1.07 bits per heavy atom. The maximum atomic E-state index is 12.3. The van der Waals surface area contributed by atoms with Crippen LogP contribution in [0.15, 0.2) is 47.8 Å². The molecule has 0 unspecified atom stereocenters. The maximum Gasteiger partial charge on any atom is 0.271 e. The highest BCUT2D eigenvalue weighted by molar-refractivity contribution is 7.13. The number of carbonyl (C=O) groups is 2. The number of hydrogen-bond donors (Lipinski definition) is 2. The van der Waals surface area contributed by atoms with Gasteiger partial charge in [-0.05, 0) is 49.2 Å². The molecule has 2 amide bonds. The molecule has 3 rings (SSSR count). The third kappa shape index (κ3) is 4.55. The number of nitrogens with one attached hydrogen (secondary N) is 2. The normalized spacial score (nSPS) is 10.4. The molecular weight excluding hydrogens is 374 g/mol. The molecule has 1 aromatic heterocycles. The quantitative estimate of drug-likeness (QED) is 0.665. The van der Waals surface area contributed by atoms with Crippen LogP contribution < -0.4 is 15.4 Å². The Morgan fingerprint density at radius 2 is 1.75 bits per heavy atom. The fraction of sp³-hybridized carbons (Fsp3) is 0.190. The van der Waals surface area contributed by atoms with Gasteiger partial charge in [0.25, 0.3) is 5.91 Å². The SMILES string of the molecule is COc1ccc(-c2nc(C(=O)NCC(=O)Nc3c(C)cccc3C)cs2)cc1. The van der Waals surface area contributed by atoms with Crippen LogP contribution in [0.5, 0.6) is 5.75 Å². The lowest BCUT2D eigenvalue weighted by molar-refractivity contribution is -0.115. The zero-order valence-corrected chi connectivity index (χ0v) is 16.7. The van der Waals surface area contributed by atoms with Gasteiger partial charge in [0.05, 0.1) is 13.7 Å². The Morgan fingerprint density at radius 3 is 2.39 bits per heavy atom. The Bertz CT molecular complexity index is 976. The molecule has 0 spiro atoms. The van der Waals surface area contributed by atoms with Crippen molar-refractivity contribution in [1.82, 2.24) is 10.3 Å². The number of methoxy groups -OCH3 is 1. The second-order valence-electron chi connectivity index (χ2n) is 6.26. The molecule has 0 fully saturated rings. The third-order valence-electron chi connectivity index (χ3n) is 4.23. The fourth-order valence-corrected chi connectivity index (χ4v) is 3.50. The maximum absolute atomic E-state index is 12.3. The van der Waals surface area contributed by atoms with E-state index >= 15 is 0 Å². The van der Waals surface area contributed by atoms with Crippen LogP contribution in [0.4, 0.5) is 5.69 Å². The van der Waals surface area contributed by atoms with Gasteiger partial charge in [-0.2, -0.15) is 0 Å². The minimum Gasteiger partial charge on any atom is -0.497 e.